The van der Waals surface area contributed by atoms with Crippen LogP contribution in [0.2, 0.25) is 0 Å². The van der Waals surface area contributed by atoms with Gasteiger partial charge in [0.05, 0.1) is 16.9 Å². The number of carbonyl (C=O) groups is 2. The number of amides is 1. The number of carbonyl (C=O) groups excluding carboxylic acids is 2. The van der Waals surface area contributed by atoms with Crippen LogP contribution < -0.4 is 10.5 Å². The molecule has 0 aliphatic heterocycles. The maximum Gasteiger partial charge on any atom is 0.316 e. The monoisotopic (exact) mass is 465 g/mol. The lowest BCUT2D eigenvalue weighted by Crippen LogP contribution is -2.22. The SMILES string of the molecule is CCn1c(SCC(=O)OCC(=O)Nc2cccc(S(N)(=O)=O)c2)nnc1-c1ccco1. The number of furan rings is 1. The number of sulfonamides is 1. The van der Waals surface area contributed by atoms with Crippen molar-refractivity contribution in [2.24, 2.45) is 5.14 Å². The molecule has 3 rings (SSSR count). The van der Waals surface area contributed by atoms with Crippen molar-refractivity contribution in [2.75, 3.05) is 17.7 Å². The molecule has 2 aromatic heterocycles. The molecule has 3 N–H and O–H groups in total. The predicted molar refractivity (Wildman–Crippen MR) is 112 cm³/mol. The van der Waals surface area contributed by atoms with Crippen LogP contribution in [0.5, 0.6) is 0 Å². The van der Waals surface area contributed by atoms with Crippen LogP contribution in [0, 0.1) is 0 Å². The smallest absolute Gasteiger partial charge is 0.316 e. The van der Waals surface area contributed by atoms with Gasteiger partial charge in [-0.3, -0.25) is 14.2 Å². The van der Waals surface area contributed by atoms with E-state index in [0.29, 0.717) is 23.3 Å². The van der Waals surface area contributed by atoms with E-state index < -0.39 is 28.5 Å². The van der Waals surface area contributed by atoms with Gasteiger partial charge < -0.3 is 14.5 Å². The zero-order valence-electron chi connectivity index (χ0n) is 16.3. The third-order valence-corrected chi connectivity index (χ3v) is 5.76. The van der Waals surface area contributed by atoms with Gasteiger partial charge in [0.1, 0.15) is 0 Å². The van der Waals surface area contributed by atoms with E-state index in [1.54, 1.807) is 16.7 Å². The van der Waals surface area contributed by atoms with Crippen LogP contribution in [0.15, 0.2) is 57.1 Å². The maximum absolute atomic E-state index is 12.0. The van der Waals surface area contributed by atoms with Crippen LogP contribution in [-0.2, 0) is 30.9 Å². The van der Waals surface area contributed by atoms with E-state index in [-0.39, 0.29) is 16.3 Å². The summed E-state index contributed by atoms with van der Waals surface area (Å²) in [4.78, 5) is 23.8. The standard InChI is InChI=1S/C18H19N5O6S2/c1-2-23-17(14-7-4-8-28-14)21-22-18(23)30-11-16(25)29-10-15(24)20-12-5-3-6-13(9-12)31(19,26)27/h3-9H,2,10-11H2,1H3,(H,20,24)(H2,19,26,27). The first kappa shape index (κ1) is 22.5. The number of rotatable bonds is 9. The van der Waals surface area contributed by atoms with Crippen molar-refractivity contribution < 1.29 is 27.2 Å². The maximum atomic E-state index is 12.0. The molecular weight excluding hydrogens is 446 g/mol. The van der Waals surface area contributed by atoms with Gasteiger partial charge in [-0.1, -0.05) is 17.8 Å². The van der Waals surface area contributed by atoms with Gasteiger partial charge >= 0.3 is 5.97 Å². The van der Waals surface area contributed by atoms with E-state index in [1.807, 2.05) is 6.92 Å². The summed E-state index contributed by atoms with van der Waals surface area (Å²) < 4.78 is 34.8. The van der Waals surface area contributed by atoms with Crippen molar-refractivity contribution in [1.29, 1.82) is 0 Å². The Labute approximate surface area is 182 Å². The zero-order valence-corrected chi connectivity index (χ0v) is 18.0. The number of anilines is 1. The number of benzene rings is 1. The third-order valence-electron chi connectivity index (χ3n) is 3.90. The first-order valence-corrected chi connectivity index (χ1v) is 11.5. The molecule has 0 aliphatic rings. The number of nitrogens with one attached hydrogen (secondary N) is 1. The highest BCUT2D eigenvalue weighted by molar-refractivity contribution is 7.99. The number of esters is 1. The molecule has 0 bridgehead atoms. The Morgan fingerprint density at radius 3 is 2.74 bits per heavy atom. The number of nitrogens with two attached hydrogens (primary N) is 1. The average Bonchev–Trinajstić information content (AvgIpc) is 3.39. The van der Waals surface area contributed by atoms with Gasteiger partial charge in [0.25, 0.3) is 5.91 Å². The van der Waals surface area contributed by atoms with E-state index >= 15 is 0 Å². The van der Waals surface area contributed by atoms with Gasteiger partial charge in [0.2, 0.25) is 10.0 Å². The van der Waals surface area contributed by atoms with E-state index in [2.05, 4.69) is 15.5 Å². The van der Waals surface area contributed by atoms with Crippen LogP contribution >= 0.6 is 11.8 Å². The molecule has 0 radical (unpaired) electrons. The van der Waals surface area contributed by atoms with Crippen LogP contribution in [0.25, 0.3) is 11.6 Å². The van der Waals surface area contributed by atoms with Crippen molar-refractivity contribution in [1.82, 2.24) is 14.8 Å². The zero-order chi connectivity index (χ0) is 22.4. The van der Waals surface area contributed by atoms with E-state index in [1.165, 1.54) is 30.5 Å². The molecule has 2 heterocycles. The molecule has 0 fully saturated rings. The van der Waals surface area contributed by atoms with Crippen molar-refractivity contribution in [3.05, 3.63) is 42.7 Å². The van der Waals surface area contributed by atoms with E-state index in [4.69, 9.17) is 14.3 Å². The van der Waals surface area contributed by atoms with Crippen LogP contribution in [0.4, 0.5) is 5.69 Å². The van der Waals surface area contributed by atoms with Gasteiger partial charge in [-0.25, -0.2) is 13.6 Å². The minimum absolute atomic E-state index is 0.0789. The summed E-state index contributed by atoms with van der Waals surface area (Å²) in [5.74, 6) is -0.216. The Morgan fingerprint density at radius 2 is 2.06 bits per heavy atom. The molecule has 1 amide bonds. The summed E-state index contributed by atoms with van der Waals surface area (Å²) in [6.45, 7) is 1.95. The second kappa shape index (κ2) is 9.76. The summed E-state index contributed by atoms with van der Waals surface area (Å²) in [6, 6.07) is 8.92. The lowest BCUT2D eigenvalue weighted by atomic mass is 10.3. The Bertz CT molecular complexity index is 1170. The van der Waals surface area contributed by atoms with Crippen molar-refractivity contribution in [3.8, 4) is 11.6 Å². The van der Waals surface area contributed by atoms with Crippen molar-refractivity contribution in [3.63, 3.8) is 0 Å². The highest BCUT2D eigenvalue weighted by Gasteiger charge is 2.17. The van der Waals surface area contributed by atoms with Gasteiger partial charge in [-0.05, 0) is 37.3 Å². The molecule has 0 spiro atoms. The Morgan fingerprint density at radius 1 is 1.26 bits per heavy atom. The Hall–Kier alpha value is -3.16. The summed E-state index contributed by atoms with van der Waals surface area (Å²) >= 11 is 1.12. The number of aromatic nitrogens is 3. The summed E-state index contributed by atoms with van der Waals surface area (Å²) in [6.07, 6.45) is 1.53. The normalized spacial score (nSPS) is 11.3. The number of hydrogen-bond donors (Lipinski definition) is 2. The molecule has 31 heavy (non-hydrogen) atoms. The second-order valence-corrected chi connectivity index (χ2v) is 8.60. The number of nitrogens with zero attached hydrogens (tertiary/aromatic N) is 3. The highest BCUT2D eigenvalue weighted by atomic mass is 32.2. The lowest BCUT2D eigenvalue weighted by molar-refractivity contribution is -0.144. The number of thioether (sulfide) groups is 1. The molecule has 0 aliphatic carbocycles. The van der Waals surface area contributed by atoms with Crippen molar-refractivity contribution in [2.45, 2.75) is 23.5 Å². The summed E-state index contributed by atoms with van der Waals surface area (Å²) in [5, 5.41) is 16.2. The Balaban J connectivity index is 1.50. The summed E-state index contributed by atoms with van der Waals surface area (Å²) in [5.41, 5.74) is 0.212. The first-order chi connectivity index (χ1) is 14.8. The van der Waals surface area contributed by atoms with Crippen LogP contribution in [0.1, 0.15) is 6.92 Å². The fraction of sp³-hybridized carbons (Fsp3) is 0.222. The number of hydrogen-bond acceptors (Lipinski definition) is 9. The fourth-order valence-corrected chi connectivity index (χ4v) is 3.89. The second-order valence-electron chi connectivity index (χ2n) is 6.10. The average molecular weight is 466 g/mol. The largest absolute Gasteiger partial charge is 0.461 e. The van der Waals surface area contributed by atoms with Gasteiger partial charge in [0, 0.05) is 12.2 Å². The molecular formula is C18H19N5O6S2. The number of ether oxygens (including phenoxy) is 1. The van der Waals surface area contributed by atoms with Crippen LogP contribution in [-0.4, -0.2) is 47.4 Å². The molecule has 3 aromatic rings. The van der Waals surface area contributed by atoms with E-state index in [0.717, 1.165) is 11.8 Å². The highest BCUT2D eigenvalue weighted by Crippen LogP contribution is 2.24. The lowest BCUT2D eigenvalue weighted by Gasteiger charge is -2.08. The quantitative estimate of drug-likeness (QED) is 0.352. The summed E-state index contributed by atoms with van der Waals surface area (Å²) in [7, 11) is -3.90. The fourth-order valence-electron chi connectivity index (χ4n) is 2.53. The van der Waals surface area contributed by atoms with E-state index in [9.17, 15) is 18.0 Å². The molecule has 0 unspecified atom stereocenters. The topological polar surface area (TPSA) is 159 Å². The molecule has 1 aromatic carbocycles. The number of primary sulfonamides is 1. The molecule has 164 valence electrons. The molecule has 0 atom stereocenters. The molecule has 0 saturated carbocycles. The van der Waals surface area contributed by atoms with Crippen LogP contribution in [0.3, 0.4) is 0 Å². The molecule has 13 heteroatoms. The Kier molecular flexibility index (Phi) is 7.09. The minimum atomic E-state index is -3.90. The van der Waals surface area contributed by atoms with Crippen molar-refractivity contribution >= 4 is 39.3 Å². The van der Waals surface area contributed by atoms with Gasteiger partial charge in [-0.15, -0.1) is 10.2 Å². The predicted octanol–water partition coefficient (Wildman–Crippen LogP) is 1.48. The van der Waals surface area contributed by atoms with Gasteiger partial charge in [0.15, 0.2) is 23.3 Å². The molecule has 11 nitrogen and oxygen atoms in total. The third kappa shape index (κ3) is 5.93. The molecule has 0 saturated heterocycles. The van der Waals surface area contributed by atoms with Gasteiger partial charge in [-0.2, -0.15) is 0 Å². The minimum Gasteiger partial charge on any atom is -0.461 e. The first-order valence-electron chi connectivity index (χ1n) is 8.96.